The minimum atomic E-state index is -0.0578. The molecule has 1 heterocycles. The van der Waals surface area contributed by atoms with Crippen molar-refractivity contribution in [3.63, 3.8) is 0 Å². The van der Waals surface area contributed by atoms with E-state index in [2.05, 4.69) is 20.8 Å². The first-order chi connectivity index (χ1) is 8.31. The molecule has 0 spiro atoms. The van der Waals surface area contributed by atoms with Gasteiger partial charge >= 0.3 is 0 Å². The van der Waals surface area contributed by atoms with Crippen LogP contribution in [0.25, 0.3) is 5.69 Å². The van der Waals surface area contributed by atoms with Crippen LogP contribution in [-0.4, -0.2) is 38.9 Å². The molecule has 1 amide bonds. The number of nitrogens with one attached hydrogen (secondary N) is 1. The summed E-state index contributed by atoms with van der Waals surface area (Å²) < 4.78 is 1.60. The van der Waals surface area contributed by atoms with Gasteiger partial charge in [0.1, 0.15) is 0 Å². The predicted molar refractivity (Wildman–Crippen MR) is 63.9 cm³/mol. The van der Waals surface area contributed by atoms with E-state index in [1.165, 1.54) is 11.8 Å². The molecule has 88 valence electrons. The topological polar surface area (TPSA) is 72.7 Å². The number of para-hydroxylation sites is 1. The lowest BCUT2D eigenvalue weighted by molar-refractivity contribution is -0.118. The summed E-state index contributed by atoms with van der Waals surface area (Å²) >= 11 is 1.30. The minimum Gasteiger partial charge on any atom is -0.358 e. The van der Waals surface area contributed by atoms with Crippen molar-refractivity contribution < 1.29 is 4.79 Å². The smallest absolute Gasteiger partial charge is 0.230 e. The molecule has 1 aromatic heterocycles. The fourth-order valence-corrected chi connectivity index (χ4v) is 1.97. The van der Waals surface area contributed by atoms with Crippen LogP contribution in [0.4, 0.5) is 0 Å². The van der Waals surface area contributed by atoms with E-state index in [0.29, 0.717) is 10.9 Å². The molecule has 0 fully saturated rings. The Kier molecular flexibility index (Phi) is 3.71. The Labute approximate surface area is 102 Å². The molecule has 0 aliphatic rings. The van der Waals surface area contributed by atoms with Gasteiger partial charge < -0.3 is 5.32 Å². The summed E-state index contributed by atoms with van der Waals surface area (Å²) in [6.45, 7) is 0. The molecule has 17 heavy (non-hydrogen) atoms. The molecule has 0 bridgehead atoms. The molecule has 7 heteroatoms. The van der Waals surface area contributed by atoms with Crippen molar-refractivity contribution in [1.82, 2.24) is 25.5 Å². The Morgan fingerprint density at radius 2 is 2.18 bits per heavy atom. The fraction of sp³-hybridized carbons (Fsp3) is 0.200. The number of tetrazole rings is 1. The zero-order chi connectivity index (χ0) is 12.1. The number of nitrogens with zero attached hydrogens (tertiary/aromatic N) is 4. The van der Waals surface area contributed by atoms with Gasteiger partial charge in [-0.25, -0.2) is 0 Å². The van der Waals surface area contributed by atoms with Crippen LogP contribution in [0.1, 0.15) is 0 Å². The zero-order valence-electron chi connectivity index (χ0n) is 9.20. The van der Waals surface area contributed by atoms with Crippen LogP contribution in [0.3, 0.4) is 0 Å². The van der Waals surface area contributed by atoms with E-state index in [0.717, 1.165) is 5.69 Å². The van der Waals surface area contributed by atoms with Crippen LogP contribution in [0.15, 0.2) is 35.5 Å². The van der Waals surface area contributed by atoms with Gasteiger partial charge in [-0.2, -0.15) is 4.68 Å². The van der Waals surface area contributed by atoms with Crippen molar-refractivity contribution in [2.75, 3.05) is 12.8 Å². The SMILES string of the molecule is CNC(=O)CSc1nnnn1-c1ccccc1. The summed E-state index contributed by atoms with van der Waals surface area (Å²) in [4.78, 5) is 11.1. The summed E-state index contributed by atoms with van der Waals surface area (Å²) in [7, 11) is 1.60. The summed E-state index contributed by atoms with van der Waals surface area (Å²) in [5, 5.41) is 14.5. The second kappa shape index (κ2) is 5.44. The van der Waals surface area contributed by atoms with E-state index in [1.54, 1.807) is 11.7 Å². The number of carbonyl (C=O) groups excluding carboxylic acids is 1. The van der Waals surface area contributed by atoms with Crippen molar-refractivity contribution in [3.8, 4) is 5.69 Å². The number of thioether (sulfide) groups is 1. The van der Waals surface area contributed by atoms with Crippen LogP contribution in [0.2, 0.25) is 0 Å². The third kappa shape index (κ3) is 2.82. The van der Waals surface area contributed by atoms with Gasteiger partial charge in [-0.15, -0.1) is 5.10 Å². The van der Waals surface area contributed by atoms with Crippen molar-refractivity contribution >= 4 is 17.7 Å². The van der Waals surface area contributed by atoms with E-state index in [4.69, 9.17) is 0 Å². The summed E-state index contributed by atoms with van der Waals surface area (Å²) in [6, 6.07) is 9.54. The molecular formula is C10H11N5OS. The molecule has 0 atom stereocenters. The Morgan fingerprint density at radius 3 is 2.88 bits per heavy atom. The molecule has 0 radical (unpaired) electrons. The van der Waals surface area contributed by atoms with E-state index in [9.17, 15) is 4.79 Å². The first-order valence-electron chi connectivity index (χ1n) is 4.98. The van der Waals surface area contributed by atoms with Crippen molar-refractivity contribution in [3.05, 3.63) is 30.3 Å². The maximum Gasteiger partial charge on any atom is 0.230 e. The quantitative estimate of drug-likeness (QED) is 0.799. The fourth-order valence-electron chi connectivity index (χ4n) is 1.20. The second-order valence-electron chi connectivity index (χ2n) is 3.17. The average molecular weight is 249 g/mol. The van der Waals surface area contributed by atoms with Gasteiger partial charge in [-0.1, -0.05) is 30.0 Å². The standard InChI is InChI=1S/C10H11N5OS/c1-11-9(16)7-17-10-12-13-14-15(10)8-5-3-2-4-6-8/h2-6H,7H2,1H3,(H,11,16). The molecule has 0 aliphatic heterocycles. The van der Waals surface area contributed by atoms with Crippen LogP contribution in [-0.2, 0) is 4.79 Å². The Morgan fingerprint density at radius 1 is 1.41 bits per heavy atom. The summed E-state index contributed by atoms with van der Waals surface area (Å²) in [5.74, 6) is 0.238. The van der Waals surface area contributed by atoms with E-state index in [1.807, 2.05) is 30.3 Å². The van der Waals surface area contributed by atoms with Gasteiger partial charge in [0, 0.05) is 7.05 Å². The molecule has 1 N–H and O–H groups in total. The van der Waals surface area contributed by atoms with Gasteiger partial charge in [0.2, 0.25) is 11.1 Å². The van der Waals surface area contributed by atoms with Gasteiger partial charge in [-0.05, 0) is 22.6 Å². The largest absolute Gasteiger partial charge is 0.358 e. The average Bonchev–Trinajstić information content (AvgIpc) is 2.85. The van der Waals surface area contributed by atoms with Crippen LogP contribution in [0.5, 0.6) is 0 Å². The monoisotopic (exact) mass is 249 g/mol. The van der Waals surface area contributed by atoms with Crippen LogP contribution in [0, 0.1) is 0 Å². The van der Waals surface area contributed by atoms with Crippen LogP contribution >= 0.6 is 11.8 Å². The molecule has 2 rings (SSSR count). The zero-order valence-corrected chi connectivity index (χ0v) is 10.0. The number of aromatic nitrogens is 4. The number of hydrogen-bond donors (Lipinski definition) is 1. The van der Waals surface area contributed by atoms with Crippen molar-refractivity contribution in [2.24, 2.45) is 0 Å². The first-order valence-corrected chi connectivity index (χ1v) is 5.97. The highest BCUT2D eigenvalue weighted by Crippen LogP contribution is 2.17. The summed E-state index contributed by atoms with van der Waals surface area (Å²) in [5.41, 5.74) is 0.872. The third-order valence-corrected chi connectivity index (χ3v) is 2.97. The van der Waals surface area contributed by atoms with Crippen molar-refractivity contribution in [1.29, 1.82) is 0 Å². The maximum atomic E-state index is 11.1. The number of amides is 1. The Bertz CT molecular complexity index is 498. The lowest BCUT2D eigenvalue weighted by Gasteiger charge is -2.03. The highest BCUT2D eigenvalue weighted by atomic mass is 32.2. The molecule has 0 aliphatic carbocycles. The molecule has 6 nitrogen and oxygen atoms in total. The number of rotatable bonds is 4. The predicted octanol–water partition coefficient (Wildman–Crippen LogP) is 0.500. The Balaban J connectivity index is 2.15. The van der Waals surface area contributed by atoms with Gasteiger partial charge in [0.15, 0.2) is 0 Å². The number of carbonyl (C=O) groups is 1. The third-order valence-electron chi connectivity index (χ3n) is 2.05. The van der Waals surface area contributed by atoms with E-state index >= 15 is 0 Å². The Hall–Kier alpha value is -1.89. The van der Waals surface area contributed by atoms with Gasteiger partial charge in [0.05, 0.1) is 11.4 Å². The molecular weight excluding hydrogens is 238 g/mol. The molecule has 1 aromatic carbocycles. The molecule has 0 unspecified atom stereocenters. The van der Waals surface area contributed by atoms with Crippen LogP contribution < -0.4 is 5.32 Å². The molecule has 0 saturated heterocycles. The van der Waals surface area contributed by atoms with Gasteiger partial charge in [-0.3, -0.25) is 4.79 Å². The second-order valence-corrected chi connectivity index (χ2v) is 4.11. The van der Waals surface area contributed by atoms with E-state index in [-0.39, 0.29) is 5.91 Å². The maximum absolute atomic E-state index is 11.1. The normalized spacial score (nSPS) is 10.2. The number of benzene rings is 1. The van der Waals surface area contributed by atoms with Gasteiger partial charge in [0.25, 0.3) is 0 Å². The highest BCUT2D eigenvalue weighted by molar-refractivity contribution is 7.99. The molecule has 0 saturated carbocycles. The first kappa shape index (κ1) is 11.6. The summed E-state index contributed by atoms with van der Waals surface area (Å²) in [6.07, 6.45) is 0. The molecule has 2 aromatic rings. The lowest BCUT2D eigenvalue weighted by atomic mass is 10.3. The minimum absolute atomic E-state index is 0.0578. The highest BCUT2D eigenvalue weighted by Gasteiger charge is 2.10. The van der Waals surface area contributed by atoms with E-state index < -0.39 is 0 Å². The lowest BCUT2D eigenvalue weighted by Crippen LogP contribution is -2.20. The number of hydrogen-bond acceptors (Lipinski definition) is 5. The van der Waals surface area contributed by atoms with Crippen molar-refractivity contribution in [2.45, 2.75) is 5.16 Å².